The monoisotopic (exact) mass is 254 g/mol. The largest absolute Gasteiger partial charge is 0.395 e. The van der Waals surface area contributed by atoms with Crippen molar-refractivity contribution in [2.45, 2.75) is 45.6 Å². The number of nitrogens with one attached hydrogen (secondary N) is 1. The summed E-state index contributed by atoms with van der Waals surface area (Å²) in [6.45, 7) is 7.46. The maximum atomic E-state index is 12.0. The summed E-state index contributed by atoms with van der Waals surface area (Å²) >= 11 is 0. The van der Waals surface area contributed by atoms with E-state index in [1.54, 1.807) is 0 Å². The van der Waals surface area contributed by atoms with E-state index >= 15 is 0 Å². The molecule has 1 heterocycles. The SMILES string of the molecule is CC(C)[C@H](CNC(=O)C1(CO)CC1)N1CCCC1. The zero-order valence-corrected chi connectivity index (χ0v) is 11.6. The number of aliphatic hydroxyl groups excluding tert-OH is 1. The van der Waals surface area contributed by atoms with Gasteiger partial charge in [0.05, 0.1) is 12.0 Å². The van der Waals surface area contributed by atoms with E-state index in [1.807, 2.05) is 0 Å². The molecule has 1 saturated heterocycles. The predicted molar refractivity (Wildman–Crippen MR) is 71.2 cm³/mol. The highest BCUT2D eigenvalue weighted by molar-refractivity contribution is 5.85. The van der Waals surface area contributed by atoms with Crippen LogP contribution in [0.2, 0.25) is 0 Å². The van der Waals surface area contributed by atoms with Crippen LogP contribution in [0.1, 0.15) is 39.5 Å². The van der Waals surface area contributed by atoms with Gasteiger partial charge in [0.1, 0.15) is 0 Å². The summed E-state index contributed by atoms with van der Waals surface area (Å²) in [4.78, 5) is 14.5. The molecule has 1 saturated carbocycles. The number of carbonyl (C=O) groups excluding carboxylic acids is 1. The highest BCUT2D eigenvalue weighted by Gasteiger charge is 2.49. The molecule has 1 atom stereocenters. The van der Waals surface area contributed by atoms with Gasteiger partial charge >= 0.3 is 0 Å². The lowest BCUT2D eigenvalue weighted by Crippen LogP contribution is -2.47. The Labute approximate surface area is 110 Å². The first kappa shape index (κ1) is 13.8. The van der Waals surface area contributed by atoms with Crippen molar-refractivity contribution >= 4 is 5.91 Å². The quantitative estimate of drug-likeness (QED) is 0.743. The van der Waals surface area contributed by atoms with Crippen LogP contribution in [-0.4, -0.2) is 48.2 Å². The fraction of sp³-hybridized carbons (Fsp3) is 0.929. The lowest BCUT2D eigenvalue weighted by atomic mass is 10.0. The Morgan fingerprint density at radius 1 is 1.33 bits per heavy atom. The minimum absolute atomic E-state index is 0.00507. The van der Waals surface area contributed by atoms with Crippen molar-refractivity contribution in [3.05, 3.63) is 0 Å². The highest BCUT2D eigenvalue weighted by atomic mass is 16.3. The molecule has 1 aliphatic heterocycles. The maximum Gasteiger partial charge on any atom is 0.228 e. The van der Waals surface area contributed by atoms with Crippen molar-refractivity contribution in [3.63, 3.8) is 0 Å². The molecule has 2 N–H and O–H groups in total. The smallest absolute Gasteiger partial charge is 0.228 e. The van der Waals surface area contributed by atoms with Crippen molar-refractivity contribution in [3.8, 4) is 0 Å². The molecule has 2 aliphatic rings. The number of amides is 1. The second-order valence-electron chi connectivity index (χ2n) is 6.20. The van der Waals surface area contributed by atoms with Crippen molar-refractivity contribution in [2.24, 2.45) is 11.3 Å². The topological polar surface area (TPSA) is 52.6 Å². The molecule has 1 aliphatic carbocycles. The zero-order valence-electron chi connectivity index (χ0n) is 11.6. The third kappa shape index (κ3) is 2.86. The summed E-state index contributed by atoms with van der Waals surface area (Å²) in [6, 6.07) is 0.436. The lowest BCUT2D eigenvalue weighted by molar-refractivity contribution is -0.128. The Hall–Kier alpha value is -0.610. The van der Waals surface area contributed by atoms with Gasteiger partial charge in [0.25, 0.3) is 0 Å². The van der Waals surface area contributed by atoms with Gasteiger partial charge in [-0.05, 0) is 44.7 Å². The Bertz CT molecular complexity index is 294. The van der Waals surface area contributed by atoms with Crippen LogP contribution in [0.25, 0.3) is 0 Å². The molecule has 2 fully saturated rings. The van der Waals surface area contributed by atoms with Crippen molar-refractivity contribution in [1.82, 2.24) is 10.2 Å². The molecule has 0 bridgehead atoms. The van der Waals surface area contributed by atoms with Crippen molar-refractivity contribution < 1.29 is 9.90 Å². The van der Waals surface area contributed by atoms with Crippen LogP contribution in [0.15, 0.2) is 0 Å². The summed E-state index contributed by atoms with van der Waals surface area (Å²) in [5.74, 6) is 0.600. The van der Waals surface area contributed by atoms with E-state index < -0.39 is 5.41 Å². The van der Waals surface area contributed by atoms with Gasteiger partial charge in [0, 0.05) is 12.6 Å². The molecule has 2 rings (SSSR count). The second kappa shape index (κ2) is 5.57. The first-order chi connectivity index (χ1) is 8.59. The Morgan fingerprint density at radius 3 is 2.39 bits per heavy atom. The van der Waals surface area contributed by atoms with Crippen LogP contribution < -0.4 is 5.32 Å². The number of likely N-dealkylation sites (tertiary alicyclic amines) is 1. The van der Waals surface area contributed by atoms with Gasteiger partial charge in [-0.15, -0.1) is 0 Å². The number of carbonyl (C=O) groups is 1. The van der Waals surface area contributed by atoms with Crippen LogP contribution >= 0.6 is 0 Å². The Kier molecular flexibility index (Phi) is 4.28. The first-order valence-corrected chi connectivity index (χ1v) is 7.22. The normalized spacial score (nSPS) is 24.2. The molecule has 0 spiro atoms. The number of nitrogens with zero attached hydrogens (tertiary/aromatic N) is 1. The van der Waals surface area contributed by atoms with Crippen molar-refractivity contribution in [2.75, 3.05) is 26.2 Å². The fourth-order valence-corrected chi connectivity index (χ4v) is 2.85. The summed E-state index contributed by atoms with van der Waals surface area (Å²) in [7, 11) is 0. The van der Waals surface area contributed by atoms with Crippen LogP contribution in [0.3, 0.4) is 0 Å². The molecule has 104 valence electrons. The molecular formula is C14H26N2O2. The Morgan fingerprint density at radius 2 is 1.94 bits per heavy atom. The van der Waals surface area contributed by atoms with E-state index in [0.29, 0.717) is 12.0 Å². The van der Waals surface area contributed by atoms with Gasteiger partial charge in [0.2, 0.25) is 5.91 Å². The molecule has 0 aromatic carbocycles. The molecule has 18 heavy (non-hydrogen) atoms. The predicted octanol–water partition coefficient (Wildman–Crippen LogP) is 0.995. The third-order valence-corrected chi connectivity index (χ3v) is 4.49. The second-order valence-corrected chi connectivity index (χ2v) is 6.20. The number of aliphatic hydroxyl groups is 1. The summed E-state index contributed by atoms with van der Waals surface area (Å²) < 4.78 is 0. The maximum absolute atomic E-state index is 12.0. The van der Waals surface area contributed by atoms with E-state index in [0.717, 1.165) is 32.5 Å². The number of hydrogen-bond acceptors (Lipinski definition) is 3. The van der Waals surface area contributed by atoms with E-state index in [2.05, 4.69) is 24.1 Å². The van der Waals surface area contributed by atoms with E-state index in [9.17, 15) is 9.90 Å². The lowest BCUT2D eigenvalue weighted by Gasteiger charge is -2.31. The van der Waals surface area contributed by atoms with Crippen LogP contribution in [0, 0.1) is 11.3 Å². The van der Waals surface area contributed by atoms with Crippen LogP contribution in [0.5, 0.6) is 0 Å². The molecule has 0 unspecified atom stereocenters. The van der Waals surface area contributed by atoms with Gasteiger partial charge in [-0.2, -0.15) is 0 Å². The van der Waals surface area contributed by atoms with Crippen molar-refractivity contribution in [1.29, 1.82) is 0 Å². The van der Waals surface area contributed by atoms with Gasteiger partial charge in [-0.1, -0.05) is 13.8 Å². The number of rotatable bonds is 6. The standard InChI is InChI=1S/C14H26N2O2/c1-11(2)12(16-7-3-4-8-16)9-15-13(18)14(10-17)5-6-14/h11-12,17H,3-10H2,1-2H3,(H,15,18)/t12-/m0/s1. The van der Waals surface area contributed by atoms with Gasteiger partial charge in [0.15, 0.2) is 0 Å². The molecule has 1 amide bonds. The fourth-order valence-electron chi connectivity index (χ4n) is 2.85. The summed E-state index contributed by atoms with van der Waals surface area (Å²) in [5.41, 5.74) is -0.438. The molecule has 0 radical (unpaired) electrons. The van der Waals surface area contributed by atoms with Gasteiger partial charge in [-0.3, -0.25) is 9.69 Å². The van der Waals surface area contributed by atoms with Crippen LogP contribution in [0.4, 0.5) is 0 Å². The summed E-state index contributed by atoms with van der Waals surface area (Å²) in [6.07, 6.45) is 4.23. The molecule has 4 nitrogen and oxygen atoms in total. The number of hydrogen-bond donors (Lipinski definition) is 2. The minimum atomic E-state index is -0.438. The average Bonchev–Trinajstić information content (AvgIpc) is 2.98. The molecule has 4 heteroatoms. The highest BCUT2D eigenvalue weighted by Crippen LogP contribution is 2.45. The van der Waals surface area contributed by atoms with E-state index in [-0.39, 0.29) is 12.5 Å². The zero-order chi connectivity index (χ0) is 13.2. The average molecular weight is 254 g/mol. The molecule has 0 aromatic rings. The first-order valence-electron chi connectivity index (χ1n) is 7.22. The minimum Gasteiger partial charge on any atom is -0.395 e. The van der Waals surface area contributed by atoms with E-state index in [4.69, 9.17) is 0 Å². The molecular weight excluding hydrogens is 228 g/mol. The third-order valence-electron chi connectivity index (χ3n) is 4.49. The Balaban J connectivity index is 1.84. The van der Waals surface area contributed by atoms with Crippen LogP contribution in [-0.2, 0) is 4.79 Å². The van der Waals surface area contributed by atoms with Gasteiger partial charge < -0.3 is 10.4 Å². The molecule has 0 aromatic heterocycles. The summed E-state index contributed by atoms with van der Waals surface area (Å²) in [5, 5.41) is 12.3. The van der Waals surface area contributed by atoms with E-state index in [1.165, 1.54) is 12.8 Å². The van der Waals surface area contributed by atoms with Gasteiger partial charge in [-0.25, -0.2) is 0 Å².